The Kier molecular flexibility index (Phi) is 6.73. The first kappa shape index (κ1) is 21.8. The van der Waals surface area contributed by atoms with Gasteiger partial charge < -0.3 is 20.1 Å². The number of imide groups is 1. The smallest absolute Gasteiger partial charge is 0.387 e. The van der Waals surface area contributed by atoms with Crippen molar-refractivity contribution < 1.29 is 32.6 Å². The highest BCUT2D eigenvalue weighted by Gasteiger charge is 2.52. The Bertz CT molecular complexity index is 812. The Labute approximate surface area is 172 Å². The van der Waals surface area contributed by atoms with Crippen LogP contribution in [0.4, 0.5) is 13.6 Å². The zero-order valence-electron chi connectivity index (χ0n) is 16.7. The van der Waals surface area contributed by atoms with Gasteiger partial charge in [0.05, 0.1) is 7.11 Å². The Hall–Kier alpha value is -2.91. The highest BCUT2D eigenvalue weighted by Crippen LogP contribution is 2.35. The molecule has 1 heterocycles. The van der Waals surface area contributed by atoms with Crippen LogP contribution in [-0.4, -0.2) is 55.1 Å². The molecule has 10 heteroatoms. The van der Waals surface area contributed by atoms with E-state index >= 15 is 0 Å². The van der Waals surface area contributed by atoms with Gasteiger partial charge in [-0.15, -0.1) is 0 Å². The van der Waals surface area contributed by atoms with Gasteiger partial charge in [-0.2, -0.15) is 8.78 Å². The summed E-state index contributed by atoms with van der Waals surface area (Å²) in [4.78, 5) is 37.9. The molecule has 0 bridgehead atoms. The van der Waals surface area contributed by atoms with Gasteiger partial charge >= 0.3 is 12.6 Å². The number of amides is 4. The van der Waals surface area contributed by atoms with E-state index in [-0.39, 0.29) is 42.8 Å². The van der Waals surface area contributed by atoms with Crippen molar-refractivity contribution in [1.82, 2.24) is 15.5 Å². The first-order chi connectivity index (χ1) is 14.3. The van der Waals surface area contributed by atoms with E-state index in [1.54, 1.807) is 6.07 Å². The number of nitrogens with one attached hydrogen (secondary N) is 2. The number of hydrogen-bond donors (Lipinski definition) is 2. The summed E-state index contributed by atoms with van der Waals surface area (Å²) in [5.41, 5.74) is -0.0936. The van der Waals surface area contributed by atoms with Crippen molar-refractivity contribution >= 4 is 17.8 Å². The molecule has 2 aliphatic rings. The van der Waals surface area contributed by atoms with E-state index in [0.717, 1.165) is 17.7 Å². The predicted molar refractivity (Wildman–Crippen MR) is 102 cm³/mol. The summed E-state index contributed by atoms with van der Waals surface area (Å²) in [6.07, 6.45) is 3.46. The first-order valence-corrected chi connectivity index (χ1v) is 9.87. The van der Waals surface area contributed by atoms with E-state index in [2.05, 4.69) is 15.4 Å². The average Bonchev–Trinajstić information content (AvgIpc) is 3.25. The number of urea groups is 1. The zero-order chi connectivity index (χ0) is 21.7. The van der Waals surface area contributed by atoms with Gasteiger partial charge in [0.15, 0.2) is 11.5 Å². The predicted octanol–water partition coefficient (Wildman–Crippen LogP) is 2.21. The Balaban J connectivity index is 1.45. The molecule has 0 aromatic heterocycles. The van der Waals surface area contributed by atoms with Crippen molar-refractivity contribution in [3.63, 3.8) is 0 Å². The van der Waals surface area contributed by atoms with Gasteiger partial charge in [0.1, 0.15) is 5.54 Å². The van der Waals surface area contributed by atoms with Gasteiger partial charge in [-0.1, -0.05) is 18.9 Å². The Morgan fingerprint density at radius 1 is 1.27 bits per heavy atom. The van der Waals surface area contributed by atoms with Gasteiger partial charge in [0, 0.05) is 19.5 Å². The molecule has 1 aliphatic carbocycles. The van der Waals surface area contributed by atoms with E-state index in [9.17, 15) is 23.2 Å². The lowest BCUT2D eigenvalue weighted by atomic mass is 9.98. The molecule has 2 N–H and O–H groups in total. The van der Waals surface area contributed by atoms with Crippen LogP contribution >= 0.6 is 0 Å². The number of carbonyl (C=O) groups is 3. The van der Waals surface area contributed by atoms with Crippen molar-refractivity contribution in [3.8, 4) is 11.5 Å². The second kappa shape index (κ2) is 9.27. The van der Waals surface area contributed by atoms with E-state index < -0.39 is 18.2 Å². The highest BCUT2D eigenvalue weighted by atomic mass is 19.3. The van der Waals surface area contributed by atoms with Crippen LogP contribution < -0.4 is 20.1 Å². The quantitative estimate of drug-likeness (QED) is 0.592. The van der Waals surface area contributed by atoms with Gasteiger partial charge in [-0.05, 0) is 37.0 Å². The standard InChI is InChI=1S/C20H25F2N3O5/c1-29-14-5-4-13(12-15(14)30-18(21)22)6-10-23-16(26)7-11-25-17(27)20(24-19(25)28)8-2-3-9-20/h4-5,12,18H,2-3,6-11H2,1H3,(H,23,26)(H,24,28). The molecule has 0 unspecified atom stereocenters. The number of hydrogen-bond acceptors (Lipinski definition) is 5. The molecule has 1 saturated carbocycles. The number of carbonyl (C=O) groups excluding carboxylic acids is 3. The number of rotatable bonds is 9. The molecule has 164 valence electrons. The van der Waals surface area contributed by atoms with Crippen LogP contribution in [0.15, 0.2) is 18.2 Å². The maximum Gasteiger partial charge on any atom is 0.387 e. The third-order valence-electron chi connectivity index (χ3n) is 5.45. The van der Waals surface area contributed by atoms with E-state index in [1.165, 1.54) is 19.2 Å². The van der Waals surface area contributed by atoms with Crippen LogP contribution in [0.2, 0.25) is 0 Å². The zero-order valence-corrected chi connectivity index (χ0v) is 16.7. The summed E-state index contributed by atoms with van der Waals surface area (Å²) in [6, 6.07) is 4.20. The van der Waals surface area contributed by atoms with Crippen LogP contribution in [0.1, 0.15) is 37.7 Å². The lowest BCUT2D eigenvalue weighted by molar-refractivity contribution is -0.131. The number of nitrogens with zero attached hydrogens (tertiary/aromatic N) is 1. The van der Waals surface area contributed by atoms with E-state index in [1.807, 2.05) is 0 Å². The topological polar surface area (TPSA) is 97.0 Å². The van der Waals surface area contributed by atoms with Crippen molar-refractivity contribution in [3.05, 3.63) is 23.8 Å². The fourth-order valence-corrected chi connectivity index (χ4v) is 3.91. The second-order valence-corrected chi connectivity index (χ2v) is 7.39. The number of ether oxygens (including phenoxy) is 2. The van der Waals surface area contributed by atoms with Crippen LogP contribution in [0, 0.1) is 0 Å². The maximum atomic E-state index is 12.5. The molecule has 1 saturated heterocycles. The minimum atomic E-state index is -2.97. The van der Waals surface area contributed by atoms with Crippen LogP contribution in [-0.2, 0) is 16.0 Å². The van der Waals surface area contributed by atoms with E-state index in [0.29, 0.717) is 24.8 Å². The Morgan fingerprint density at radius 2 is 2.00 bits per heavy atom. The molecule has 2 fully saturated rings. The first-order valence-electron chi connectivity index (χ1n) is 9.87. The molecule has 1 spiro atoms. The number of alkyl halides is 2. The monoisotopic (exact) mass is 425 g/mol. The Morgan fingerprint density at radius 3 is 2.67 bits per heavy atom. The van der Waals surface area contributed by atoms with Crippen molar-refractivity contribution in [2.45, 2.75) is 50.7 Å². The van der Waals surface area contributed by atoms with Gasteiger partial charge in [0.2, 0.25) is 5.91 Å². The molecule has 1 aliphatic heterocycles. The van der Waals surface area contributed by atoms with Crippen LogP contribution in [0.3, 0.4) is 0 Å². The van der Waals surface area contributed by atoms with Crippen LogP contribution in [0.25, 0.3) is 0 Å². The molecule has 3 rings (SSSR count). The molecule has 1 aromatic rings. The molecule has 0 atom stereocenters. The second-order valence-electron chi connectivity index (χ2n) is 7.39. The minimum absolute atomic E-state index is 0.00238. The molecule has 1 aromatic carbocycles. The summed E-state index contributed by atoms with van der Waals surface area (Å²) in [5.74, 6) is -0.435. The van der Waals surface area contributed by atoms with Gasteiger partial charge in [-0.3, -0.25) is 14.5 Å². The average molecular weight is 425 g/mol. The lowest BCUT2D eigenvalue weighted by Gasteiger charge is -2.19. The third kappa shape index (κ3) is 4.80. The fourth-order valence-electron chi connectivity index (χ4n) is 3.91. The maximum absolute atomic E-state index is 12.5. The SMILES string of the molecule is COc1ccc(CCNC(=O)CCN2C(=O)NC3(CCCC3)C2=O)cc1OC(F)F. The van der Waals surface area contributed by atoms with Gasteiger partial charge in [0.25, 0.3) is 5.91 Å². The summed E-state index contributed by atoms with van der Waals surface area (Å²) in [7, 11) is 1.35. The lowest BCUT2D eigenvalue weighted by Crippen LogP contribution is -2.44. The number of benzene rings is 1. The van der Waals surface area contributed by atoms with E-state index in [4.69, 9.17) is 4.74 Å². The minimum Gasteiger partial charge on any atom is -0.493 e. The third-order valence-corrected chi connectivity index (χ3v) is 5.45. The molecular formula is C20H25F2N3O5. The number of halogens is 2. The normalized spacial score (nSPS) is 17.5. The van der Waals surface area contributed by atoms with Crippen molar-refractivity contribution in [1.29, 1.82) is 0 Å². The fraction of sp³-hybridized carbons (Fsp3) is 0.550. The summed E-state index contributed by atoms with van der Waals surface area (Å²) in [6.45, 7) is -2.68. The van der Waals surface area contributed by atoms with Crippen molar-refractivity contribution in [2.75, 3.05) is 20.2 Å². The molecule has 8 nitrogen and oxygen atoms in total. The molecule has 0 radical (unpaired) electrons. The summed E-state index contributed by atoms with van der Waals surface area (Å²) < 4.78 is 34.4. The highest BCUT2D eigenvalue weighted by molar-refractivity contribution is 6.07. The molecular weight excluding hydrogens is 400 g/mol. The van der Waals surface area contributed by atoms with Crippen LogP contribution in [0.5, 0.6) is 11.5 Å². The van der Waals surface area contributed by atoms with Crippen molar-refractivity contribution in [2.24, 2.45) is 0 Å². The molecule has 30 heavy (non-hydrogen) atoms. The van der Waals surface area contributed by atoms with Gasteiger partial charge in [-0.25, -0.2) is 4.79 Å². The number of methoxy groups -OCH3 is 1. The molecule has 4 amide bonds. The largest absolute Gasteiger partial charge is 0.493 e. The summed E-state index contributed by atoms with van der Waals surface area (Å²) >= 11 is 0. The summed E-state index contributed by atoms with van der Waals surface area (Å²) in [5, 5.41) is 5.48.